The summed E-state index contributed by atoms with van der Waals surface area (Å²) in [5.41, 5.74) is 4.24. The van der Waals surface area contributed by atoms with Crippen LogP contribution in [-0.2, 0) is 0 Å². The summed E-state index contributed by atoms with van der Waals surface area (Å²) < 4.78 is 3.72. The van der Waals surface area contributed by atoms with Crippen molar-refractivity contribution in [2.24, 2.45) is 0 Å². The van der Waals surface area contributed by atoms with Gasteiger partial charge in [0.15, 0.2) is 0 Å². The number of halogens is 1. The van der Waals surface area contributed by atoms with Crippen LogP contribution >= 0.6 is 27.3 Å². The number of rotatable bonds is 3. The lowest BCUT2D eigenvalue weighted by molar-refractivity contribution is 0.102. The van der Waals surface area contributed by atoms with Crippen molar-refractivity contribution in [1.29, 1.82) is 0 Å². The molecular weight excluding hydrogens is 412 g/mol. The largest absolute Gasteiger partial charge is 0.322 e. The van der Waals surface area contributed by atoms with Crippen LogP contribution in [0.1, 0.15) is 21.7 Å². The van der Waals surface area contributed by atoms with Crippen LogP contribution in [0.25, 0.3) is 15.3 Å². The van der Waals surface area contributed by atoms with Crippen molar-refractivity contribution in [3.05, 3.63) is 70.0 Å². The molecule has 0 aliphatic rings. The number of nitrogens with one attached hydrogen (secondary N) is 1. The molecule has 0 saturated heterocycles. The van der Waals surface area contributed by atoms with E-state index in [0.29, 0.717) is 5.56 Å². The van der Waals surface area contributed by atoms with Crippen molar-refractivity contribution in [3.63, 3.8) is 0 Å². The van der Waals surface area contributed by atoms with Crippen LogP contribution in [0.4, 0.5) is 5.69 Å². The van der Waals surface area contributed by atoms with E-state index in [2.05, 4.69) is 31.3 Å². The second-order valence-electron chi connectivity index (χ2n) is 5.98. The lowest BCUT2D eigenvalue weighted by atomic mass is 10.2. The number of aromatic nitrogens is 3. The number of aryl methyl sites for hydroxylation is 2. The molecule has 1 N–H and O–H groups in total. The molecule has 2 aromatic carbocycles. The Bertz CT molecular complexity index is 1130. The summed E-state index contributed by atoms with van der Waals surface area (Å²) in [6.07, 6.45) is 0. The third kappa shape index (κ3) is 3.27. The van der Waals surface area contributed by atoms with E-state index in [4.69, 9.17) is 0 Å². The molecular formula is C19H15BrN4OS. The Morgan fingerprint density at radius 2 is 2.00 bits per heavy atom. The van der Waals surface area contributed by atoms with Crippen molar-refractivity contribution in [2.45, 2.75) is 13.8 Å². The average molecular weight is 427 g/mol. The van der Waals surface area contributed by atoms with Gasteiger partial charge in [-0.3, -0.25) is 4.79 Å². The van der Waals surface area contributed by atoms with E-state index < -0.39 is 0 Å². The molecule has 0 aliphatic carbocycles. The van der Waals surface area contributed by atoms with Crippen LogP contribution in [0.5, 0.6) is 0 Å². The van der Waals surface area contributed by atoms with E-state index in [9.17, 15) is 4.79 Å². The van der Waals surface area contributed by atoms with Gasteiger partial charge in [0.25, 0.3) is 5.91 Å². The molecule has 1 amide bonds. The van der Waals surface area contributed by atoms with E-state index in [1.54, 1.807) is 23.5 Å². The summed E-state index contributed by atoms with van der Waals surface area (Å²) >= 11 is 4.93. The Morgan fingerprint density at radius 3 is 2.73 bits per heavy atom. The van der Waals surface area contributed by atoms with Crippen LogP contribution in [0, 0.1) is 13.8 Å². The molecule has 0 fully saturated rings. The number of hydrogen-bond acceptors (Lipinski definition) is 4. The first kappa shape index (κ1) is 16.9. The maximum Gasteiger partial charge on any atom is 0.255 e. The molecule has 7 heteroatoms. The van der Waals surface area contributed by atoms with E-state index >= 15 is 0 Å². The Balaban J connectivity index is 1.63. The van der Waals surface area contributed by atoms with Gasteiger partial charge >= 0.3 is 0 Å². The van der Waals surface area contributed by atoms with Gasteiger partial charge in [-0.15, -0.1) is 0 Å². The standard InChI is InChI=1S/C19H15BrN4OS/c1-11-8-12(2)24(23-11)19-22-16-7-6-15(10-17(16)26-19)21-18(25)13-4-3-5-14(20)9-13/h3-10H,1-2H3,(H,21,25). The number of carbonyl (C=O) groups excluding carboxylic acids is 1. The summed E-state index contributed by atoms with van der Waals surface area (Å²) in [6, 6.07) is 15.1. The minimum atomic E-state index is -0.145. The highest BCUT2D eigenvalue weighted by molar-refractivity contribution is 9.10. The van der Waals surface area contributed by atoms with Crippen LogP contribution < -0.4 is 5.32 Å². The Morgan fingerprint density at radius 1 is 1.15 bits per heavy atom. The zero-order valence-electron chi connectivity index (χ0n) is 14.2. The fourth-order valence-electron chi connectivity index (χ4n) is 2.74. The fourth-order valence-corrected chi connectivity index (χ4v) is 4.15. The van der Waals surface area contributed by atoms with E-state index in [-0.39, 0.29) is 5.91 Å². The van der Waals surface area contributed by atoms with Crippen molar-refractivity contribution in [2.75, 3.05) is 5.32 Å². The predicted molar refractivity (Wildman–Crippen MR) is 108 cm³/mol. The van der Waals surface area contributed by atoms with Crippen molar-refractivity contribution in [3.8, 4) is 5.13 Å². The summed E-state index contributed by atoms with van der Waals surface area (Å²) in [6.45, 7) is 3.97. The highest BCUT2D eigenvalue weighted by Crippen LogP contribution is 2.28. The first-order chi connectivity index (χ1) is 12.5. The normalized spacial score (nSPS) is 11.0. The van der Waals surface area contributed by atoms with Gasteiger partial charge in [-0.25, -0.2) is 9.67 Å². The monoisotopic (exact) mass is 426 g/mol. The first-order valence-electron chi connectivity index (χ1n) is 8.01. The molecule has 130 valence electrons. The second kappa shape index (κ2) is 6.66. The lowest BCUT2D eigenvalue weighted by Gasteiger charge is -2.05. The van der Waals surface area contributed by atoms with Gasteiger partial charge in [0, 0.05) is 21.4 Å². The number of nitrogens with zero attached hydrogens (tertiary/aromatic N) is 3. The van der Waals surface area contributed by atoms with E-state index in [1.807, 2.05) is 54.9 Å². The molecule has 0 saturated carbocycles. The third-order valence-electron chi connectivity index (χ3n) is 3.91. The Kier molecular flexibility index (Phi) is 4.34. The lowest BCUT2D eigenvalue weighted by Crippen LogP contribution is -2.11. The summed E-state index contributed by atoms with van der Waals surface area (Å²) in [7, 11) is 0. The van der Waals surface area contributed by atoms with Crippen molar-refractivity contribution < 1.29 is 4.79 Å². The fraction of sp³-hybridized carbons (Fsp3) is 0.105. The Hall–Kier alpha value is -2.51. The number of thiazole rings is 1. The van der Waals surface area contributed by atoms with E-state index in [1.165, 1.54) is 0 Å². The molecule has 0 unspecified atom stereocenters. The number of benzene rings is 2. The molecule has 2 aromatic heterocycles. The van der Waals surface area contributed by atoms with Crippen molar-refractivity contribution in [1.82, 2.24) is 14.8 Å². The van der Waals surface area contributed by atoms with Gasteiger partial charge in [-0.1, -0.05) is 33.3 Å². The molecule has 4 aromatic rings. The molecule has 0 bridgehead atoms. The molecule has 0 atom stereocenters. The maximum atomic E-state index is 12.4. The highest BCUT2D eigenvalue weighted by atomic mass is 79.9. The maximum absolute atomic E-state index is 12.4. The number of carbonyl (C=O) groups is 1. The van der Waals surface area contributed by atoms with Crippen LogP contribution in [0.3, 0.4) is 0 Å². The molecule has 0 spiro atoms. The molecule has 0 radical (unpaired) electrons. The molecule has 0 aliphatic heterocycles. The number of anilines is 1. The quantitative estimate of drug-likeness (QED) is 0.494. The third-order valence-corrected chi connectivity index (χ3v) is 5.40. The summed E-state index contributed by atoms with van der Waals surface area (Å²) in [5, 5.41) is 8.24. The van der Waals surface area contributed by atoms with E-state index in [0.717, 1.165) is 36.9 Å². The SMILES string of the molecule is Cc1cc(C)n(-c2nc3ccc(NC(=O)c4cccc(Br)c4)cc3s2)n1. The second-order valence-corrected chi connectivity index (χ2v) is 7.91. The number of amides is 1. The first-order valence-corrected chi connectivity index (χ1v) is 9.62. The van der Waals surface area contributed by atoms with Crippen molar-refractivity contribution >= 4 is 49.1 Å². The molecule has 26 heavy (non-hydrogen) atoms. The van der Waals surface area contributed by atoms with Gasteiger partial charge in [-0.05, 0) is 56.3 Å². The van der Waals surface area contributed by atoms with Crippen LogP contribution in [0.2, 0.25) is 0 Å². The number of fused-ring (bicyclic) bond motifs is 1. The number of hydrogen-bond donors (Lipinski definition) is 1. The van der Waals surface area contributed by atoms with Gasteiger partial charge in [0.2, 0.25) is 5.13 Å². The summed E-state index contributed by atoms with van der Waals surface area (Å²) in [4.78, 5) is 17.1. The van der Waals surface area contributed by atoms with Gasteiger partial charge in [0.1, 0.15) is 0 Å². The zero-order valence-corrected chi connectivity index (χ0v) is 16.6. The van der Waals surface area contributed by atoms with Gasteiger partial charge in [0.05, 0.1) is 15.9 Å². The summed E-state index contributed by atoms with van der Waals surface area (Å²) in [5.74, 6) is -0.145. The predicted octanol–water partition coefficient (Wildman–Crippen LogP) is 5.11. The molecule has 2 heterocycles. The minimum Gasteiger partial charge on any atom is -0.322 e. The Labute approximate surface area is 162 Å². The van der Waals surface area contributed by atoms with Gasteiger partial charge in [-0.2, -0.15) is 5.10 Å². The smallest absolute Gasteiger partial charge is 0.255 e. The highest BCUT2D eigenvalue weighted by Gasteiger charge is 2.12. The molecule has 5 nitrogen and oxygen atoms in total. The topological polar surface area (TPSA) is 59.8 Å². The van der Waals surface area contributed by atoms with Gasteiger partial charge < -0.3 is 5.32 Å². The van der Waals surface area contributed by atoms with Crippen LogP contribution in [-0.4, -0.2) is 20.7 Å². The molecule has 4 rings (SSSR count). The minimum absolute atomic E-state index is 0.145. The van der Waals surface area contributed by atoms with Crippen LogP contribution in [0.15, 0.2) is 53.0 Å². The zero-order chi connectivity index (χ0) is 18.3. The average Bonchev–Trinajstić information content (AvgIpc) is 3.16.